The van der Waals surface area contributed by atoms with Crippen LogP contribution in [0, 0.1) is 5.92 Å². The fourth-order valence-electron chi connectivity index (χ4n) is 3.29. The number of carbonyl (C=O) groups is 2. The summed E-state index contributed by atoms with van der Waals surface area (Å²) < 4.78 is 0. The van der Waals surface area contributed by atoms with Crippen molar-refractivity contribution in [3.63, 3.8) is 0 Å². The molecule has 6 nitrogen and oxygen atoms in total. The van der Waals surface area contributed by atoms with E-state index in [1.54, 1.807) is 4.90 Å². The Morgan fingerprint density at radius 2 is 2.04 bits per heavy atom. The third-order valence-electron chi connectivity index (χ3n) is 4.97. The molecule has 1 aromatic heterocycles. The van der Waals surface area contributed by atoms with E-state index in [1.807, 2.05) is 24.3 Å². The van der Waals surface area contributed by atoms with Crippen molar-refractivity contribution in [3.8, 4) is 0 Å². The molecular formula is C20H26N4O2S. The number of hydrogen-bond acceptors (Lipinski definition) is 5. The van der Waals surface area contributed by atoms with Gasteiger partial charge in [-0.2, -0.15) is 0 Å². The molecule has 1 fully saturated rings. The highest BCUT2D eigenvalue weighted by molar-refractivity contribution is 7.15. The number of anilines is 2. The van der Waals surface area contributed by atoms with Gasteiger partial charge in [-0.05, 0) is 30.5 Å². The second kappa shape index (κ2) is 8.61. The quantitative estimate of drug-likeness (QED) is 0.780. The van der Waals surface area contributed by atoms with Crippen LogP contribution in [-0.4, -0.2) is 28.6 Å². The molecule has 1 saturated heterocycles. The van der Waals surface area contributed by atoms with Gasteiger partial charge in [-0.15, -0.1) is 10.2 Å². The molecular weight excluding hydrogens is 360 g/mol. The molecule has 0 spiro atoms. The first-order valence-electron chi connectivity index (χ1n) is 9.55. The van der Waals surface area contributed by atoms with Gasteiger partial charge in [0.1, 0.15) is 5.01 Å². The zero-order valence-corrected chi connectivity index (χ0v) is 16.9. The minimum atomic E-state index is -0.372. The molecule has 3 rings (SSSR count). The van der Waals surface area contributed by atoms with Crippen LogP contribution in [0.3, 0.4) is 0 Å². The van der Waals surface area contributed by atoms with Crippen LogP contribution >= 0.6 is 11.3 Å². The van der Waals surface area contributed by atoms with Crippen molar-refractivity contribution in [3.05, 3.63) is 34.8 Å². The number of aryl methyl sites for hydroxylation is 1. The van der Waals surface area contributed by atoms with Crippen LogP contribution in [0.5, 0.6) is 0 Å². The number of rotatable bonds is 7. The number of hydrogen-bond donors (Lipinski definition) is 1. The molecule has 2 heterocycles. The standard InChI is InChI=1S/C20H26N4O2S/c1-4-6-13(3)19-22-23-20(27-19)21-18(26)15-11-17(25)24(12-15)16-9-7-14(5-2)8-10-16/h7-10,13,15H,4-6,11-12H2,1-3H3,(H,21,23,26)/t13-,15+/m1/s1. The maximum Gasteiger partial charge on any atom is 0.231 e. The van der Waals surface area contributed by atoms with E-state index in [4.69, 9.17) is 0 Å². The van der Waals surface area contributed by atoms with Crippen LogP contribution < -0.4 is 10.2 Å². The predicted molar refractivity (Wildman–Crippen MR) is 108 cm³/mol. The second-order valence-corrected chi connectivity index (χ2v) is 8.06. The van der Waals surface area contributed by atoms with Crippen molar-refractivity contribution in [1.29, 1.82) is 0 Å². The molecule has 2 aromatic rings. The molecule has 27 heavy (non-hydrogen) atoms. The molecule has 1 N–H and O–H groups in total. The van der Waals surface area contributed by atoms with E-state index in [-0.39, 0.29) is 24.2 Å². The summed E-state index contributed by atoms with van der Waals surface area (Å²) in [6.45, 7) is 6.75. The Labute approximate surface area is 164 Å². The third kappa shape index (κ3) is 4.53. The lowest BCUT2D eigenvalue weighted by Crippen LogP contribution is -2.28. The minimum absolute atomic E-state index is 0.0195. The van der Waals surface area contributed by atoms with Crippen LogP contribution in [0.1, 0.15) is 56.5 Å². The largest absolute Gasteiger partial charge is 0.312 e. The van der Waals surface area contributed by atoms with Crippen LogP contribution in [0.15, 0.2) is 24.3 Å². The SMILES string of the molecule is CCC[C@@H](C)c1nnc(NC(=O)[C@H]2CC(=O)N(c3ccc(CC)cc3)C2)s1. The van der Waals surface area contributed by atoms with Crippen molar-refractivity contribution >= 4 is 34.0 Å². The summed E-state index contributed by atoms with van der Waals surface area (Å²) in [5.74, 6) is -0.215. The fourth-order valence-corrected chi connectivity index (χ4v) is 4.12. The van der Waals surface area contributed by atoms with Crippen LogP contribution in [0.2, 0.25) is 0 Å². The number of amides is 2. The smallest absolute Gasteiger partial charge is 0.231 e. The molecule has 1 aromatic carbocycles. The van der Waals surface area contributed by atoms with Crippen LogP contribution in [0.25, 0.3) is 0 Å². The number of aromatic nitrogens is 2. The summed E-state index contributed by atoms with van der Waals surface area (Å²) >= 11 is 1.42. The summed E-state index contributed by atoms with van der Waals surface area (Å²) in [6, 6.07) is 7.94. The number of nitrogens with zero attached hydrogens (tertiary/aromatic N) is 3. The van der Waals surface area contributed by atoms with E-state index >= 15 is 0 Å². The monoisotopic (exact) mass is 386 g/mol. The van der Waals surface area contributed by atoms with E-state index in [0.717, 1.165) is 30.0 Å². The molecule has 0 aliphatic carbocycles. The highest BCUT2D eigenvalue weighted by atomic mass is 32.1. The van der Waals surface area contributed by atoms with Gasteiger partial charge < -0.3 is 10.2 Å². The van der Waals surface area contributed by atoms with Gasteiger partial charge in [-0.1, -0.05) is 50.7 Å². The van der Waals surface area contributed by atoms with Crippen molar-refractivity contribution in [2.45, 2.75) is 52.4 Å². The van der Waals surface area contributed by atoms with Gasteiger partial charge in [-0.25, -0.2) is 0 Å². The third-order valence-corrected chi connectivity index (χ3v) is 6.04. The van der Waals surface area contributed by atoms with Crippen LogP contribution in [-0.2, 0) is 16.0 Å². The minimum Gasteiger partial charge on any atom is -0.312 e. The lowest BCUT2D eigenvalue weighted by atomic mass is 10.1. The van der Waals surface area contributed by atoms with Gasteiger partial charge in [0.05, 0.1) is 5.92 Å². The Hall–Kier alpha value is -2.28. The van der Waals surface area contributed by atoms with Gasteiger partial charge in [0.2, 0.25) is 16.9 Å². The number of carbonyl (C=O) groups excluding carboxylic acids is 2. The molecule has 2 atom stereocenters. The Bertz CT molecular complexity index is 803. The van der Waals surface area contributed by atoms with E-state index in [2.05, 4.69) is 36.3 Å². The maximum atomic E-state index is 12.6. The summed E-state index contributed by atoms with van der Waals surface area (Å²) in [5, 5.41) is 12.6. The fraction of sp³-hybridized carbons (Fsp3) is 0.500. The van der Waals surface area contributed by atoms with Crippen molar-refractivity contribution in [2.75, 3.05) is 16.8 Å². The molecule has 2 amide bonds. The molecule has 0 radical (unpaired) electrons. The molecule has 0 unspecified atom stereocenters. The lowest BCUT2D eigenvalue weighted by molar-refractivity contribution is -0.122. The number of benzene rings is 1. The lowest BCUT2D eigenvalue weighted by Gasteiger charge is -2.17. The summed E-state index contributed by atoms with van der Waals surface area (Å²) in [4.78, 5) is 26.7. The Balaban J connectivity index is 1.62. The van der Waals surface area contributed by atoms with E-state index < -0.39 is 0 Å². The Morgan fingerprint density at radius 1 is 1.30 bits per heavy atom. The first kappa shape index (κ1) is 19.5. The zero-order chi connectivity index (χ0) is 19.4. The highest BCUT2D eigenvalue weighted by Gasteiger charge is 2.35. The van der Waals surface area contributed by atoms with Gasteiger partial charge in [0.25, 0.3) is 0 Å². The van der Waals surface area contributed by atoms with Crippen molar-refractivity contribution < 1.29 is 9.59 Å². The number of nitrogens with one attached hydrogen (secondary N) is 1. The Kier molecular flexibility index (Phi) is 6.21. The average Bonchev–Trinajstić information content (AvgIpc) is 3.29. The van der Waals surface area contributed by atoms with Gasteiger partial charge in [0.15, 0.2) is 0 Å². The summed E-state index contributed by atoms with van der Waals surface area (Å²) in [5.41, 5.74) is 2.07. The van der Waals surface area contributed by atoms with E-state index in [0.29, 0.717) is 17.6 Å². The van der Waals surface area contributed by atoms with Crippen molar-refractivity contribution in [2.24, 2.45) is 5.92 Å². The molecule has 7 heteroatoms. The maximum absolute atomic E-state index is 12.6. The molecule has 1 aliphatic heterocycles. The molecule has 0 bridgehead atoms. The topological polar surface area (TPSA) is 75.2 Å². The molecule has 0 saturated carbocycles. The highest BCUT2D eigenvalue weighted by Crippen LogP contribution is 2.29. The Morgan fingerprint density at radius 3 is 2.70 bits per heavy atom. The van der Waals surface area contributed by atoms with Gasteiger partial charge >= 0.3 is 0 Å². The van der Waals surface area contributed by atoms with E-state index in [1.165, 1.54) is 16.9 Å². The predicted octanol–water partition coefficient (Wildman–Crippen LogP) is 4.00. The zero-order valence-electron chi connectivity index (χ0n) is 16.1. The first-order valence-corrected chi connectivity index (χ1v) is 10.4. The first-order chi connectivity index (χ1) is 13.0. The van der Waals surface area contributed by atoms with Crippen LogP contribution in [0.4, 0.5) is 10.8 Å². The normalized spacial score (nSPS) is 18.0. The van der Waals surface area contributed by atoms with Crippen molar-refractivity contribution in [1.82, 2.24) is 10.2 Å². The second-order valence-electron chi connectivity index (χ2n) is 7.05. The average molecular weight is 387 g/mol. The van der Waals surface area contributed by atoms with Gasteiger partial charge in [-0.3, -0.25) is 9.59 Å². The molecule has 144 valence electrons. The van der Waals surface area contributed by atoms with Gasteiger partial charge in [0, 0.05) is 24.6 Å². The summed E-state index contributed by atoms with van der Waals surface area (Å²) in [6.07, 6.45) is 3.31. The summed E-state index contributed by atoms with van der Waals surface area (Å²) in [7, 11) is 0. The van der Waals surface area contributed by atoms with E-state index in [9.17, 15) is 9.59 Å². The molecule has 1 aliphatic rings.